The van der Waals surface area contributed by atoms with Crippen LogP contribution < -0.4 is 25.5 Å². The van der Waals surface area contributed by atoms with Crippen LogP contribution in [-0.2, 0) is 0 Å². The number of rotatable bonds is 6. The molecular weight excluding hydrogens is 508 g/mol. The number of nitrogen functional groups attached to an aromatic ring is 1. The number of hydrogen-bond acceptors (Lipinski definition) is 9. The number of pyridine rings is 2. The highest BCUT2D eigenvalue weighted by Gasteiger charge is 2.24. The van der Waals surface area contributed by atoms with Gasteiger partial charge in [0.2, 0.25) is 5.75 Å². The molecule has 2 aromatic carbocycles. The molecule has 0 radical (unpaired) electrons. The van der Waals surface area contributed by atoms with Crippen molar-refractivity contribution in [2.75, 3.05) is 27.1 Å². The smallest absolute Gasteiger partial charge is 0.291 e. The minimum Gasteiger partial charge on any atom is -0.493 e. The van der Waals surface area contributed by atoms with E-state index in [4.69, 9.17) is 31.5 Å². The molecule has 0 fully saturated rings. The largest absolute Gasteiger partial charge is 0.493 e. The number of anilines is 1. The number of ether oxygens (including phenoxy) is 3. The Labute approximate surface area is 222 Å². The zero-order valence-corrected chi connectivity index (χ0v) is 21.6. The second-order valence-electron chi connectivity index (χ2n) is 8.02. The molecule has 4 aromatic rings. The molecule has 2 heterocycles. The first kappa shape index (κ1) is 26.0. The van der Waals surface area contributed by atoms with E-state index in [1.165, 1.54) is 39.7 Å². The van der Waals surface area contributed by atoms with E-state index in [1.807, 2.05) is 37.3 Å². The molecule has 190 valence electrons. The molecule has 0 unspecified atom stereocenters. The Kier molecular flexibility index (Phi) is 7.19. The normalized spacial score (nSPS) is 10.8. The highest BCUT2D eigenvalue weighted by atomic mass is 35.5. The van der Waals surface area contributed by atoms with Gasteiger partial charge >= 0.3 is 0 Å². The van der Waals surface area contributed by atoms with Crippen molar-refractivity contribution >= 4 is 34.5 Å². The van der Waals surface area contributed by atoms with Crippen LogP contribution in [-0.4, -0.2) is 37.2 Å². The molecule has 0 bridgehead atoms. The molecule has 0 saturated heterocycles. The topological polar surface area (TPSA) is 149 Å². The number of nitriles is 2. The predicted octanol–water partition coefficient (Wildman–Crippen LogP) is 4.26. The van der Waals surface area contributed by atoms with Crippen LogP contribution in [0, 0.1) is 29.6 Å². The van der Waals surface area contributed by atoms with Crippen LogP contribution in [0.15, 0.2) is 46.3 Å². The van der Waals surface area contributed by atoms with Gasteiger partial charge in [-0.25, -0.2) is 4.98 Å². The Bertz CT molecular complexity index is 1740. The van der Waals surface area contributed by atoms with Crippen molar-refractivity contribution in [1.82, 2.24) is 9.66 Å². The van der Waals surface area contributed by atoms with Gasteiger partial charge in [-0.2, -0.15) is 20.3 Å². The number of hydrogen-bond donors (Lipinski definition) is 1. The van der Waals surface area contributed by atoms with Gasteiger partial charge in [0.25, 0.3) is 5.56 Å². The second-order valence-corrected chi connectivity index (χ2v) is 8.38. The fraction of sp³-hybridized carbons (Fsp3) is 0.148. The monoisotopic (exact) mass is 528 g/mol. The third kappa shape index (κ3) is 4.34. The fourth-order valence-electron chi connectivity index (χ4n) is 4.08. The average molecular weight is 529 g/mol. The van der Waals surface area contributed by atoms with Crippen LogP contribution in [0.25, 0.3) is 22.0 Å². The average Bonchev–Trinajstić information content (AvgIpc) is 2.92. The maximum Gasteiger partial charge on any atom is 0.291 e. The standard InChI is InChI=1S/C27H21ClN6O4/c1-14-6-5-7-15-8-17(25(28)33-23(14)15)13-32-34-26(31)18(11-29)22(19(12-30)27(34)35)16-9-20(36-2)24(38-4)21(10-16)37-3/h5-10,13H,31H2,1-4H3/b32-13+. The van der Waals surface area contributed by atoms with E-state index in [-0.39, 0.29) is 39.2 Å². The van der Waals surface area contributed by atoms with Crippen LogP contribution >= 0.6 is 11.6 Å². The Morgan fingerprint density at radius 1 is 1.05 bits per heavy atom. The molecule has 0 saturated carbocycles. The zero-order chi connectivity index (χ0) is 27.6. The Morgan fingerprint density at radius 2 is 1.71 bits per heavy atom. The van der Waals surface area contributed by atoms with Gasteiger partial charge in [0.05, 0.1) is 33.1 Å². The summed E-state index contributed by atoms with van der Waals surface area (Å²) in [5.41, 5.74) is 7.36. The SMILES string of the molecule is COc1cc(-c2c(C#N)c(N)n(/N=C/c3cc4cccc(C)c4nc3Cl)c(=O)c2C#N)cc(OC)c1OC. The molecule has 4 rings (SSSR count). The summed E-state index contributed by atoms with van der Waals surface area (Å²) in [6.07, 6.45) is 1.30. The zero-order valence-electron chi connectivity index (χ0n) is 20.9. The maximum atomic E-state index is 13.4. The minimum absolute atomic E-state index is 0.0177. The molecule has 0 atom stereocenters. The van der Waals surface area contributed by atoms with Gasteiger partial charge in [-0.05, 0) is 36.2 Å². The fourth-order valence-corrected chi connectivity index (χ4v) is 4.27. The van der Waals surface area contributed by atoms with Crippen molar-refractivity contribution in [3.8, 4) is 40.5 Å². The van der Waals surface area contributed by atoms with E-state index in [2.05, 4.69) is 10.1 Å². The highest BCUT2D eigenvalue weighted by Crippen LogP contribution is 2.42. The summed E-state index contributed by atoms with van der Waals surface area (Å²) in [5.74, 6) is 0.572. The van der Waals surface area contributed by atoms with Gasteiger partial charge in [-0.3, -0.25) is 4.79 Å². The number of aryl methyl sites for hydroxylation is 1. The molecule has 2 N–H and O–H groups in total. The molecule has 0 aliphatic carbocycles. The lowest BCUT2D eigenvalue weighted by Crippen LogP contribution is -2.25. The van der Waals surface area contributed by atoms with Crippen LogP contribution in [0.5, 0.6) is 17.2 Å². The number of benzene rings is 2. The lowest BCUT2D eigenvalue weighted by molar-refractivity contribution is 0.324. The first-order valence-electron chi connectivity index (χ1n) is 11.1. The van der Waals surface area contributed by atoms with E-state index >= 15 is 0 Å². The van der Waals surface area contributed by atoms with E-state index in [1.54, 1.807) is 6.07 Å². The van der Waals surface area contributed by atoms with Crippen LogP contribution in [0.2, 0.25) is 5.15 Å². The van der Waals surface area contributed by atoms with Crippen molar-refractivity contribution in [1.29, 1.82) is 10.5 Å². The molecule has 0 aliphatic heterocycles. The summed E-state index contributed by atoms with van der Waals surface area (Å²) < 4.78 is 16.9. The Hall–Kier alpha value is -5.06. The summed E-state index contributed by atoms with van der Waals surface area (Å²) in [7, 11) is 4.29. The number of para-hydroxylation sites is 1. The molecule has 0 aliphatic rings. The first-order chi connectivity index (χ1) is 18.3. The van der Waals surface area contributed by atoms with Crippen molar-refractivity contribution < 1.29 is 14.2 Å². The third-order valence-electron chi connectivity index (χ3n) is 5.91. The van der Waals surface area contributed by atoms with Crippen LogP contribution in [0.3, 0.4) is 0 Å². The minimum atomic E-state index is -0.829. The maximum absolute atomic E-state index is 13.4. The summed E-state index contributed by atoms with van der Waals surface area (Å²) in [5, 5.41) is 25.1. The highest BCUT2D eigenvalue weighted by molar-refractivity contribution is 6.32. The van der Waals surface area contributed by atoms with E-state index in [0.717, 1.165) is 21.1 Å². The summed E-state index contributed by atoms with van der Waals surface area (Å²) >= 11 is 6.37. The quantitative estimate of drug-likeness (QED) is 0.288. The van der Waals surface area contributed by atoms with E-state index in [0.29, 0.717) is 16.9 Å². The molecule has 11 heteroatoms. The number of nitrogens with zero attached hydrogens (tertiary/aromatic N) is 5. The molecular formula is C27H21ClN6O4. The molecule has 2 aromatic heterocycles. The number of aromatic nitrogens is 2. The van der Waals surface area contributed by atoms with Gasteiger partial charge in [0.1, 0.15) is 34.2 Å². The molecule has 10 nitrogen and oxygen atoms in total. The van der Waals surface area contributed by atoms with Crippen molar-refractivity contribution in [2.45, 2.75) is 6.92 Å². The van der Waals surface area contributed by atoms with Gasteiger partial charge < -0.3 is 19.9 Å². The van der Waals surface area contributed by atoms with Crippen molar-refractivity contribution in [3.63, 3.8) is 0 Å². The second kappa shape index (κ2) is 10.5. The lowest BCUT2D eigenvalue weighted by atomic mass is 9.96. The number of nitrogens with two attached hydrogens (primary N) is 1. The first-order valence-corrected chi connectivity index (χ1v) is 11.5. The van der Waals surface area contributed by atoms with Crippen LogP contribution in [0.1, 0.15) is 22.3 Å². The molecule has 0 spiro atoms. The number of halogens is 1. The van der Waals surface area contributed by atoms with Crippen molar-refractivity contribution in [3.05, 3.63) is 74.2 Å². The third-order valence-corrected chi connectivity index (χ3v) is 6.21. The molecule has 38 heavy (non-hydrogen) atoms. The Morgan fingerprint density at radius 3 is 2.29 bits per heavy atom. The van der Waals surface area contributed by atoms with E-state index < -0.39 is 5.56 Å². The summed E-state index contributed by atoms with van der Waals surface area (Å²) in [4.78, 5) is 17.8. The number of methoxy groups -OCH3 is 3. The number of fused-ring (bicyclic) bond motifs is 1. The lowest BCUT2D eigenvalue weighted by Gasteiger charge is -2.16. The summed E-state index contributed by atoms with van der Waals surface area (Å²) in [6.45, 7) is 1.92. The van der Waals surface area contributed by atoms with Gasteiger partial charge in [0.15, 0.2) is 11.5 Å². The van der Waals surface area contributed by atoms with Gasteiger partial charge in [0, 0.05) is 16.5 Å². The van der Waals surface area contributed by atoms with Crippen molar-refractivity contribution in [2.24, 2.45) is 5.10 Å². The molecule has 0 amide bonds. The Balaban J connectivity index is 1.94. The predicted molar refractivity (Wildman–Crippen MR) is 144 cm³/mol. The van der Waals surface area contributed by atoms with Crippen LogP contribution in [0.4, 0.5) is 5.82 Å². The summed E-state index contributed by atoms with van der Waals surface area (Å²) in [6, 6.07) is 14.4. The van der Waals surface area contributed by atoms with Gasteiger partial charge in [-0.1, -0.05) is 29.8 Å². The van der Waals surface area contributed by atoms with Gasteiger partial charge in [-0.15, -0.1) is 0 Å². The van der Waals surface area contributed by atoms with E-state index in [9.17, 15) is 15.3 Å².